The fourth-order valence-corrected chi connectivity index (χ4v) is 1.29. The monoisotopic (exact) mass is 194 g/mol. The molecule has 0 spiro atoms. The second-order valence-corrected chi connectivity index (χ2v) is 3.54. The molecule has 0 radical (unpaired) electrons. The summed E-state index contributed by atoms with van der Waals surface area (Å²) in [7, 11) is 1.67. The van der Waals surface area contributed by atoms with E-state index in [1.807, 2.05) is 18.2 Å². The molecule has 0 unspecified atom stereocenters. The molecule has 3 heteroatoms. The summed E-state index contributed by atoms with van der Waals surface area (Å²) in [6, 6.07) is 6.37. The molecule has 0 aliphatic heterocycles. The summed E-state index contributed by atoms with van der Waals surface area (Å²) in [4.78, 5) is 0. The van der Waals surface area contributed by atoms with E-state index in [0.29, 0.717) is 12.6 Å². The van der Waals surface area contributed by atoms with Crippen LogP contribution in [0.3, 0.4) is 0 Å². The van der Waals surface area contributed by atoms with Crippen LogP contribution in [0.1, 0.15) is 19.4 Å². The lowest BCUT2D eigenvalue weighted by Gasteiger charge is -2.14. The number of anilines is 1. The Bertz CT molecular complexity index is 297. The van der Waals surface area contributed by atoms with Gasteiger partial charge in [-0.15, -0.1) is 0 Å². The topological polar surface area (TPSA) is 47.3 Å². The number of hydrogen-bond acceptors (Lipinski definition) is 3. The highest BCUT2D eigenvalue weighted by atomic mass is 16.5. The first-order chi connectivity index (χ1) is 6.67. The predicted molar refractivity (Wildman–Crippen MR) is 59.6 cm³/mol. The van der Waals surface area contributed by atoms with E-state index in [0.717, 1.165) is 17.0 Å². The zero-order valence-corrected chi connectivity index (χ0v) is 9.00. The smallest absolute Gasteiger partial charge is 0.142 e. The molecule has 1 aromatic carbocycles. The molecule has 0 amide bonds. The van der Waals surface area contributed by atoms with Gasteiger partial charge >= 0.3 is 0 Å². The van der Waals surface area contributed by atoms with Crippen molar-refractivity contribution in [2.75, 3.05) is 12.4 Å². The number of nitrogens with two attached hydrogens (primary N) is 1. The van der Waals surface area contributed by atoms with Gasteiger partial charge in [-0.1, -0.05) is 6.07 Å². The van der Waals surface area contributed by atoms with Crippen molar-refractivity contribution < 1.29 is 4.74 Å². The Balaban J connectivity index is 2.93. The second-order valence-electron chi connectivity index (χ2n) is 3.54. The average molecular weight is 194 g/mol. The third-order valence-electron chi connectivity index (χ3n) is 1.95. The summed E-state index contributed by atoms with van der Waals surface area (Å²) < 4.78 is 5.27. The van der Waals surface area contributed by atoms with E-state index < -0.39 is 0 Å². The molecule has 0 atom stereocenters. The molecule has 0 aliphatic rings. The van der Waals surface area contributed by atoms with Gasteiger partial charge < -0.3 is 15.8 Å². The molecule has 0 saturated carbocycles. The van der Waals surface area contributed by atoms with Gasteiger partial charge in [0.1, 0.15) is 5.75 Å². The minimum absolute atomic E-state index is 0.396. The van der Waals surface area contributed by atoms with E-state index >= 15 is 0 Å². The third kappa shape index (κ3) is 2.64. The van der Waals surface area contributed by atoms with E-state index in [1.54, 1.807) is 7.11 Å². The highest BCUT2D eigenvalue weighted by Crippen LogP contribution is 2.25. The summed E-state index contributed by atoms with van der Waals surface area (Å²) >= 11 is 0. The maximum atomic E-state index is 5.55. The van der Waals surface area contributed by atoms with Crippen molar-refractivity contribution >= 4 is 5.69 Å². The fourth-order valence-electron chi connectivity index (χ4n) is 1.29. The van der Waals surface area contributed by atoms with Crippen molar-refractivity contribution in [1.82, 2.24) is 0 Å². The molecular weight excluding hydrogens is 176 g/mol. The Morgan fingerprint density at radius 2 is 2.14 bits per heavy atom. The summed E-state index contributed by atoms with van der Waals surface area (Å²) in [5.74, 6) is 0.849. The van der Waals surface area contributed by atoms with Crippen molar-refractivity contribution in [2.24, 2.45) is 5.73 Å². The maximum absolute atomic E-state index is 5.55. The van der Waals surface area contributed by atoms with E-state index in [2.05, 4.69) is 19.2 Å². The number of benzene rings is 1. The van der Waals surface area contributed by atoms with Crippen LogP contribution in [0, 0.1) is 0 Å². The van der Waals surface area contributed by atoms with Gasteiger partial charge in [0.15, 0.2) is 0 Å². The average Bonchev–Trinajstić information content (AvgIpc) is 2.17. The first kappa shape index (κ1) is 10.9. The van der Waals surface area contributed by atoms with Crippen LogP contribution in [0.4, 0.5) is 5.69 Å². The molecule has 14 heavy (non-hydrogen) atoms. The van der Waals surface area contributed by atoms with Crippen LogP contribution in [0.25, 0.3) is 0 Å². The third-order valence-corrected chi connectivity index (χ3v) is 1.95. The normalized spacial score (nSPS) is 10.4. The minimum atomic E-state index is 0.396. The standard InChI is InChI=1S/C11H18N2O/c1-8(2)13-10-5-4-9(7-12)6-11(10)14-3/h4-6,8,13H,7,12H2,1-3H3. The van der Waals surface area contributed by atoms with Crippen LogP contribution < -0.4 is 15.8 Å². The minimum Gasteiger partial charge on any atom is -0.495 e. The van der Waals surface area contributed by atoms with E-state index in [4.69, 9.17) is 10.5 Å². The maximum Gasteiger partial charge on any atom is 0.142 e. The van der Waals surface area contributed by atoms with Gasteiger partial charge in [-0.25, -0.2) is 0 Å². The molecule has 0 saturated heterocycles. The molecule has 0 bridgehead atoms. The molecule has 0 fully saturated rings. The molecule has 78 valence electrons. The van der Waals surface area contributed by atoms with Crippen molar-refractivity contribution in [3.63, 3.8) is 0 Å². The zero-order valence-electron chi connectivity index (χ0n) is 9.00. The van der Waals surface area contributed by atoms with E-state index in [9.17, 15) is 0 Å². The summed E-state index contributed by atoms with van der Waals surface area (Å²) in [6.45, 7) is 4.73. The Labute approximate surface area is 85.3 Å². The van der Waals surface area contributed by atoms with Gasteiger partial charge in [-0.2, -0.15) is 0 Å². The number of hydrogen-bond donors (Lipinski definition) is 2. The molecule has 3 N–H and O–H groups in total. The van der Waals surface area contributed by atoms with Crippen LogP contribution in [0.5, 0.6) is 5.75 Å². The van der Waals surface area contributed by atoms with Crippen LogP contribution in [-0.4, -0.2) is 13.2 Å². The zero-order chi connectivity index (χ0) is 10.6. The van der Waals surface area contributed by atoms with Crippen molar-refractivity contribution in [3.8, 4) is 5.75 Å². The Morgan fingerprint density at radius 1 is 1.43 bits per heavy atom. The summed E-state index contributed by atoms with van der Waals surface area (Å²) in [5, 5.41) is 3.31. The molecule has 3 nitrogen and oxygen atoms in total. The number of methoxy groups -OCH3 is 1. The van der Waals surface area contributed by atoms with Crippen molar-refractivity contribution in [1.29, 1.82) is 0 Å². The van der Waals surface area contributed by atoms with Gasteiger partial charge in [-0.05, 0) is 31.5 Å². The fraction of sp³-hybridized carbons (Fsp3) is 0.455. The molecule has 0 heterocycles. The molecular formula is C11H18N2O. The highest BCUT2D eigenvalue weighted by Gasteiger charge is 2.04. The van der Waals surface area contributed by atoms with Crippen LogP contribution in [0.15, 0.2) is 18.2 Å². The quantitative estimate of drug-likeness (QED) is 0.770. The highest BCUT2D eigenvalue weighted by molar-refractivity contribution is 5.58. The van der Waals surface area contributed by atoms with E-state index in [1.165, 1.54) is 0 Å². The Morgan fingerprint density at radius 3 is 2.64 bits per heavy atom. The molecule has 1 aromatic rings. The first-order valence-electron chi connectivity index (χ1n) is 4.81. The van der Waals surface area contributed by atoms with Crippen LogP contribution in [0.2, 0.25) is 0 Å². The second kappa shape index (κ2) is 4.86. The largest absolute Gasteiger partial charge is 0.495 e. The van der Waals surface area contributed by atoms with Gasteiger partial charge in [0, 0.05) is 12.6 Å². The van der Waals surface area contributed by atoms with Crippen molar-refractivity contribution in [3.05, 3.63) is 23.8 Å². The molecule has 0 aliphatic carbocycles. The Hall–Kier alpha value is -1.22. The predicted octanol–water partition coefficient (Wildman–Crippen LogP) is 1.97. The Kier molecular flexibility index (Phi) is 3.77. The van der Waals surface area contributed by atoms with Crippen LogP contribution >= 0.6 is 0 Å². The molecule has 0 aromatic heterocycles. The van der Waals surface area contributed by atoms with Gasteiger partial charge in [0.25, 0.3) is 0 Å². The number of ether oxygens (including phenoxy) is 1. The SMILES string of the molecule is COc1cc(CN)ccc1NC(C)C. The van der Waals surface area contributed by atoms with E-state index in [-0.39, 0.29) is 0 Å². The molecule has 1 rings (SSSR count). The lowest BCUT2D eigenvalue weighted by molar-refractivity contribution is 0.415. The number of rotatable bonds is 4. The van der Waals surface area contributed by atoms with Gasteiger partial charge in [-0.3, -0.25) is 0 Å². The summed E-state index contributed by atoms with van der Waals surface area (Å²) in [6.07, 6.45) is 0. The van der Waals surface area contributed by atoms with Crippen LogP contribution in [-0.2, 0) is 6.54 Å². The van der Waals surface area contributed by atoms with Gasteiger partial charge in [0.2, 0.25) is 0 Å². The summed E-state index contributed by atoms with van der Waals surface area (Å²) in [5.41, 5.74) is 7.64. The number of nitrogens with one attached hydrogen (secondary N) is 1. The first-order valence-corrected chi connectivity index (χ1v) is 4.81. The lowest BCUT2D eigenvalue weighted by atomic mass is 10.2. The van der Waals surface area contributed by atoms with Crippen molar-refractivity contribution in [2.45, 2.75) is 26.4 Å². The van der Waals surface area contributed by atoms with Gasteiger partial charge in [0.05, 0.1) is 12.8 Å². The lowest BCUT2D eigenvalue weighted by Crippen LogP contribution is -2.11.